The molecule has 0 radical (unpaired) electrons. The topological polar surface area (TPSA) is 64.6 Å². The summed E-state index contributed by atoms with van der Waals surface area (Å²) >= 11 is 0. The van der Waals surface area contributed by atoms with E-state index < -0.39 is 25.8 Å². The fraction of sp³-hybridized carbons (Fsp3) is 0.333. The van der Waals surface area contributed by atoms with Crippen LogP contribution < -0.4 is 5.32 Å². The molecule has 0 spiro atoms. The zero-order valence-electron chi connectivity index (χ0n) is 14.5. The summed E-state index contributed by atoms with van der Waals surface area (Å²) < 4.78 is 10.1. The Morgan fingerprint density at radius 2 is 1.75 bits per heavy atom. The Balaban J connectivity index is 2.16. The fourth-order valence-corrected chi connectivity index (χ4v) is 2.40. The van der Waals surface area contributed by atoms with E-state index in [1.165, 1.54) is 20.0 Å². The molecule has 1 aromatic carbocycles. The molecule has 1 aliphatic heterocycles. The molecule has 5 nitrogen and oxygen atoms in total. The van der Waals surface area contributed by atoms with Crippen molar-refractivity contribution in [1.82, 2.24) is 0 Å². The van der Waals surface area contributed by atoms with Gasteiger partial charge in [0, 0.05) is 31.3 Å². The monoisotopic (exact) mass is 343 g/mol. The average molecular weight is 343 g/mol. The lowest BCUT2D eigenvalue weighted by Gasteiger charge is -2.29. The molecule has 0 bridgehead atoms. The van der Waals surface area contributed by atoms with Crippen LogP contribution in [0.1, 0.15) is 19.4 Å². The molecule has 1 aliphatic rings. The molecule has 126 valence electrons. The number of hydrogen-bond acceptors (Lipinski definition) is 5. The molecule has 24 heavy (non-hydrogen) atoms. The maximum atomic E-state index is 11.9. The summed E-state index contributed by atoms with van der Waals surface area (Å²) in [6, 6.07) is 7.45. The number of cyclic esters (lactones) is 2. The summed E-state index contributed by atoms with van der Waals surface area (Å²) in [4.78, 5) is 23.7. The quantitative estimate of drug-likeness (QED) is 0.294. The predicted octanol–water partition coefficient (Wildman–Crippen LogP) is 3.05. The molecule has 0 saturated carbocycles. The number of carbonyl (C=O) groups is 2. The predicted molar refractivity (Wildman–Crippen MR) is 94.6 cm³/mol. The highest BCUT2D eigenvalue weighted by atomic mass is 28.3. The van der Waals surface area contributed by atoms with E-state index in [9.17, 15) is 9.59 Å². The van der Waals surface area contributed by atoms with Crippen molar-refractivity contribution in [3.05, 3.63) is 41.6 Å². The zero-order chi connectivity index (χ0) is 18.0. The van der Waals surface area contributed by atoms with Gasteiger partial charge in [-0.25, -0.2) is 9.59 Å². The molecule has 1 fully saturated rings. The third kappa shape index (κ3) is 5.00. The van der Waals surface area contributed by atoms with E-state index in [1.807, 2.05) is 24.3 Å². The smallest absolute Gasteiger partial charge is 0.350 e. The first-order chi connectivity index (χ1) is 11.1. The fourth-order valence-electron chi connectivity index (χ4n) is 1.88. The lowest BCUT2D eigenvalue weighted by molar-refractivity contribution is -0.222. The summed E-state index contributed by atoms with van der Waals surface area (Å²) in [5.74, 6) is 0.501. The molecule has 0 amide bonds. The van der Waals surface area contributed by atoms with Crippen LogP contribution in [0.2, 0.25) is 19.6 Å². The van der Waals surface area contributed by atoms with E-state index in [0.717, 1.165) is 11.3 Å². The van der Waals surface area contributed by atoms with Gasteiger partial charge in [0.25, 0.3) is 5.79 Å². The molecule has 1 heterocycles. The zero-order valence-corrected chi connectivity index (χ0v) is 15.5. The number of anilines is 1. The number of hydrogen-bond donors (Lipinski definition) is 1. The lowest BCUT2D eigenvalue weighted by Crippen LogP contribution is -2.42. The Morgan fingerprint density at radius 3 is 2.33 bits per heavy atom. The van der Waals surface area contributed by atoms with Crippen molar-refractivity contribution in [1.29, 1.82) is 0 Å². The highest BCUT2D eigenvalue weighted by Gasteiger charge is 2.38. The Hall–Kier alpha value is -2.52. The van der Waals surface area contributed by atoms with Gasteiger partial charge >= 0.3 is 11.9 Å². The highest BCUT2D eigenvalue weighted by Crippen LogP contribution is 2.22. The highest BCUT2D eigenvalue weighted by molar-refractivity contribution is 6.83. The van der Waals surface area contributed by atoms with Crippen molar-refractivity contribution >= 4 is 25.7 Å². The van der Waals surface area contributed by atoms with Crippen LogP contribution in [-0.4, -0.2) is 25.8 Å². The second-order valence-corrected chi connectivity index (χ2v) is 11.7. The number of carbonyl (C=O) groups excluding carboxylic acids is 2. The Morgan fingerprint density at radius 1 is 1.12 bits per heavy atom. The molecule has 1 aromatic rings. The van der Waals surface area contributed by atoms with E-state index in [4.69, 9.17) is 9.47 Å². The number of benzene rings is 1. The van der Waals surface area contributed by atoms with Crippen LogP contribution in [0, 0.1) is 11.5 Å². The first kappa shape index (κ1) is 17.8. The minimum Gasteiger partial charge on any atom is -0.419 e. The SMILES string of the molecule is CC1(C)OC(=O)C(=CNc2cccc(C#C[Si](C)(C)C)c2)C(=O)O1. The van der Waals surface area contributed by atoms with Crippen molar-refractivity contribution in [2.45, 2.75) is 39.3 Å². The van der Waals surface area contributed by atoms with E-state index in [1.54, 1.807) is 0 Å². The first-order valence-electron chi connectivity index (χ1n) is 7.62. The van der Waals surface area contributed by atoms with Crippen LogP contribution >= 0.6 is 0 Å². The van der Waals surface area contributed by atoms with Gasteiger partial charge in [-0.05, 0) is 18.2 Å². The van der Waals surface area contributed by atoms with Gasteiger partial charge in [0.2, 0.25) is 0 Å². The molecule has 0 aromatic heterocycles. The second-order valence-electron chi connectivity index (χ2n) is 6.96. The van der Waals surface area contributed by atoms with Gasteiger partial charge in [-0.2, -0.15) is 0 Å². The summed E-state index contributed by atoms with van der Waals surface area (Å²) in [6.45, 7) is 9.54. The third-order valence-corrected chi connectivity index (χ3v) is 3.82. The number of nitrogens with one attached hydrogen (secondary N) is 1. The van der Waals surface area contributed by atoms with Crippen molar-refractivity contribution in [3.63, 3.8) is 0 Å². The molecule has 0 atom stereocenters. The van der Waals surface area contributed by atoms with Crippen molar-refractivity contribution < 1.29 is 19.1 Å². The largest absolute Gasteiger partial charge is 0.419 e. The van der Waals surface area contributed by atoms with E-state index in [-0.39, 0.29) is 5.57 Å². The van der Waals surface area contributed by atoms with E-state index in [0.29, 0.717) is 0 Å². The van der Waals surface area contributed by atoms with Gasteiger partial charge in [-0.15, -0.1) is 5.54 Å². The average Bonchev–Trinajstić information content (AvgIpc) is 2.43. The number of esters is 2. The standard InChI is InChI=1S/C18H21NO4Si/c1-18(2)22-16(20)15(17(21)23-18)12-19-14-8-6-7-13(11-14)9-10-24(3,4)5/h6-8,11-12,19H,1-5H3. The minimum atomic E-state index is -1.45. The summed E-state index contributed by atoms with van der Waals surface area (Å²) in [5, 5.41) is 2.92. The normalized spacial score (nSPS) is 16.5. The van der Waals surface area contributed by atoms with Crippen molar-refractivity contribution in [2.24, 2.45) is 0 Å². The van der Waals surface area contributed by atoms with E-state index in [2.05, 4.69) is 36.4 Å². The van der Waals surface area contributed by atoms with Gasteiger partial charge in [-0.1, -0.05) is 31.6 Å². The van der Waals surface area contributed by atoms with Crippen molar-refractivity contribution in [3.8, 4) is 11.5 Å². The van der Waals surface area contributed by atoms with Gasteiger partial charge in [0.1, 0.15) is 8.07 Å². The van der Waals surface area contributed by atoms with Crippen LogP contribution in [0.4, 0.5) is 5.69 Å². The van der Waals surface area contributed by atoms with Crippen LogP contribution in [0.15, 0.2) is 36.0 Å². The van der Waals surface area contributed by atoms with Gasteiger partial charge in [0.05, 0.1) is 0 Å². The molecule has 1 saturated heterocycles. The summed E-state index contributed by atoms with van der Waals surface area (Å²) in [6.07, 6.45) is 1.30. The molecule has 2 rings (SSSR count). The lowest BCUT2D eigenvalue weighted by atomic mass is 10.2. The first-order valence-corrected chi connectivity index (χ1v) is 11.1. The Bertz CT molecular complexity index is 741. The third-order valence-electron chi connectivity index (χ3n) is 2.94. The molecular formula is C18H21NO4Si. The maximum Gasteiger partial charge on any atom is 0.350 e. The Kier molecular flexibility index (Phi) is 4.85. The minimum absolute atomic E-state index is 0.173. The summed E-state index contributed by atoms with van der Waals surface area (Å²) in [5.41, 5.74) is 4.71. The molecule has 1 N–H and O–H groups in total. The van der Waals surface area contributed by atoms with Crippen LogP contribution in [0.3, 0.4) is 0 Å². The Labute approximate surface area is 143 Å². The number of ether oxygens (including phenoxy) is 2. The number of rotatable bonds is 2. The molecule has 0 unspecified atom stereocenters. The second kappa shape index (κ2) is 6.54. The molecule has 0 aliphatic carbocycles. The van der Waals surface area contributed by atoms with Gasteiger partial charge in [0.15, 0.2) is 5.57 Å². The van der Waals surface area contributed by atoms with Gasteiger partial charge in [-0.3, -0.25) is 0 Å². The van der Waals surface area contributed by atoms with Crippen LogP contribution in [0.5, 0.6) is 0 Å². The van der Waals surface area contributed by atoms with Crippen molar-refractivity contribution in [2.75, 3.05) is 5.32 Å². The van der Waals surface area contributed by atoms with Gasteiger partial charge < -0.3 is 14.8 Å². The molecular weight excluding hydrogens is 322 g/mol. The molecule has 6 heteroatoms. The van der Waals surface area contributed by atoms with E-state index >= 15 is 0 Å². The maximum absolute atomic E-state index is 11.9. The summed E-state index contributed by atoms with van der Waals surface area (Å²) in [7, 11) is -1.45. The van der Waals surface area contributed by atoms with Crippen LogP contribution in [-0.2, 0) is 19.1 Å². The van der Waals surface area contributed by atoms with Crippen LogP contribution in [0.25, 0.3) is 0 Å².